The first-order valence-corrected chi connectivity index (χ1v) is 7.37. The molecule has 1 N–H and O–H groups in total. The number of likely N-dealkylation sites (tertiary alicyclic amines) is 1. The van der Waals surface area contributed by atoms with E-state index in [1.807, 2.05) is 12.1 Å². The number of benzene rings is 1. The third-order valence-corrected chi connectivity index (χ3v) is 4.75. The van der Waals surface area contributed by atoms with Crippen LogP contribution in [-0.4, -0.2) is 37.3 Å². The van der Waals surface area contributed by atoms with Crippen LogP contribution in [0.25, 0.3) is 0 Å². The van der Waals surface area contributed by atoms with Gasteiger partial charge in [0, 0.05) is 19.6 Å². The van der Waals surface area contributed by atoms with Gasteiger partial charge in [0.1, 0.15) is 0 Å². The molecule has 1 heterocycles. The van der Waals surface area contributed by atoms with E-state index < -0.39 is 0 Å². The normalized spacial score (nSPS) is 25.7. The SMILES string of the molecule is COc1cc(CN2CC3CCCC3C2)cc(OC)c1O. The van der Waals surface area contributed by atoms with Crippen LogP contribution >= 0.6 is 0 Å². The highest BCUT2D eigenvalue weighted by molar-refractivity contribution is 5.52. The fraction of sp³-hybridized carbons (Fsp3) is 0.625. The number of hydrogen-bond acceptors (Lipinski definition) is 4. The number of phenols is 1. The lowest BCUT2D eigenvalue weighted by Gasteiger charge is -2.18. The minimum Gasteiger partial charge on any atom is -0.502 e. The molecule has 1 aromatic carbocycles. The lowest BCUT2D eigenvalue weighted by molar-refractivity contribution is 0.299. The highest BCUT2D eigenvalue weighted by Crippen LogP contribution is 2.40. The van der Waals surface area contributed by atoms with Gasteiger partial charge in [-0.2, -0.15) is 0 Å². The molecule has 2 unspecified atom stereocenters. The first-order chi connectivity index (χ1) is 9.71. The van der Waals surface area contributed by atoms with Gasteiger partial charge in [0.2, 0.25) is 5.75 Å². The Hall–Kier alpha value is -1.42. The number of hydrogen-bond donors (Lipinski definition) is 1. The van der Waals surface area contributed by atoms with Gasteiger partial charge in [0.05, 0.1) is 14.2 Å². The monoisotopic (exact) mass is 277 g/mol. The van der Waals surface area contributed by atoms with E-state index in [9.17, 15) is 5.11 Å². The summed E-state index contributed by atoms with van der Waals surface area (Å²) in [4.78, 5) is 2.51. The third-order valence-electron chi connectivity index (χ3n) is 4.75. The van der Waals surface area contributed by atoms with Gasteiger partial charge in [-0.1, -0.05) is 6.42 Å². The molecule has 0 radical (unpaired) electrons. The van der Waals surface area contributed by atoms with Crippen molar-refractivity contribution in [3.63, 3.8) is 0 Å². The molecule has 0 spiro atoms. The van der Waals surface area contributed by atoms with Crippen molar-refractivity contribution in [2.45, 2.75) is 25.8 Å². The molecule has 0 aromatic heterocycles. The van der Waals surface area contributed by atoms with Crippen LogP contribution in [0.5, 0.6) is 17.2 Å². The Balaban J connectivity index is 1.74. The van der Waals surface area contributed by atoms with Gasteiger partial charge >= 0.3 is 0 Å². The first-order valence-electron chi connectivity index (χ1n) is 7.37. The number of nitrogens with zero attached hydrogens (tertiary/aromatic N) is 1. The van der Waals surface area contributed by atoms with Crippen LogP contribution in [0.2, 0.25) is 0 Å². The maximum atomic E-state index is 9.94. The summed E-state index contributed by atoms with van der Waals surface area (Å²) in [6.45, 7) is 3.31. The van der Waals surface area contributed by atoms with Gasteiger partial charge < -0.3 is 14.6 Å². The number of phenolic OH excluding ortho intramolecular Hbond substituents is 1. The van der Waals surface area contributed by atoms with Gasteiger partial charge in [0.15, 0.2) is 11.5 Å². The molecule has 1 aliphatic heterocycles. The minimum absolute atomic E-state index is 0.0806. The summed E-state index contributed by atoms with van der Waals surface area (Å²) in [6.07, 6.45) is 4.19. The molecule has 20 heavy (non-hydrogen) atoms. The predicted molar refractivity (Wildman–Crippen MR) is 77.3 cm³/mol. The molecular formula is C16H23NO3. The second kappa shape index (κ2) is 5.52. The summed E-state index contributed by atoms with van der Waals surface area (Å²) >= 11 is 0. The topological polar surface area (TPSA) is 41.9 Å². The Bertz CT molecular complexity index is 452. The second-order valence-corrected chi connectivity index (χ2v) is 5.99. The molecule has 1 saturated heterocycles. The van der Waals surface area contributed by atoms with E-state index in [4.69, 9.17) is 9.47 Å². The fourth-order valence-electron chi connectivity index (χ4n) is 3.76. The summed E-state index contributed by atoms with van der Waals surface area (Å²) in [7, 11) is 3.14. The molecule has 1 saturated carbocycles. The van der Waals surface area contributed by atoms with E-state index in [0.29, 0.717) is 11.5 Å². The summed E-state index contributed by atoms with van der Waals surface area (Å²) < 4.78 is 10.4. The van der Waals surface area contributed by atoms with Crippen molar-refractivity contribution in [3.05, 3.63) is 17.7 Å². The zero-order chi connectivity index (χ0) is 14.1. The molecule has 2 fully saturated rings. The van der Waals surface area contributed by atoms with E-state index >= 15 is 0 Å². The van der Waals surface area contributed by atoms with E-state index in [1.165, 1.54) is 32.4 Å². The van der Waals surface area contributed by atoms with E-state index in [2.05, 4.69) is 4.90 Å². The molecular weight excluding hydrogens is 254 g/mol. The zero-order valence-electron chi connectivity index (χ0n) is 12.3. The first kappa shape index (κ1) is 13.6. The summed E-state index contributed by atoms with van der Waals surface area (Å²) in [5.41, 5.74) is 1.14. The maximum Gasteiger partial charge on any atom is 0.200 e. The lowest BCUT2D eigenvalue weighted by Crippen LogP contribution is -2.21. The maximum absolute atomic E-state index is 9.94. The van der Waals surface area contributed by atoms with E-state index in [-0.39, 0.29) is 5.75 Å². The van der Waals surface area contributed by atoms with Crippen molar-refractivity contribution in [2.24, 2.45) is 11.8 Å². The number of rotatable bonds is 4. The van der Waals surface area contributed by atoms with Crippen molar-refractivity contribution in [2.75, 3.05) is 27.3 Å². The van der Waals surface area contributed by atoms with Crippen LogP contribution in [0, 0.1) is 11.8 Å². The highest BCUT2D eigenvalue weighted by atomic mass is 16.5. The van der Waals surface area contributed by atoms with Crippen molar-refractivity contribution >= 4 is 0 Å². The van der Waals surface area contributed by atoms with Gasteiger partial charge in [-0.3, -0.25) is 4.90 Å². The van der Waals surface area contributed by atoms with Crippen molar-refractivity contribution in [1.29, 1.82) is 0 Å². The van der Waals surface area contributed by atoms with Crippen molar-refractivity contribution < 1.29 is 14.6 Å². The largest absolute Gasteiger partial charge is 0.502 e. The number of aromatic hydroxyl groups is 1. The molecule has 2 aliphatic rings. The molecule has 0 bridgehead atoms. The molecule has 110 valence electrons. The number of ether oxygens (including phenoxy) is 2. The van der Waals surface area contributed by atoms with Gasteiger partial charge in [-0.05, 0) is 42.4 Å². The molecule has 4 heteroatoms. The molecule has 0 amide bonds. The molecule has 3 rings (SSSR count). The fourth-order valence-corrected chi connectivity index (χ4v) is 3.76. The standard InChI is InChI=1S/C16H23NO3/c1-19-14-6-11(7-15(20-2)16(14)18)8-17-9-12-4-3-5-13(12)10-17/h6-7,12-13,18H,3-5,8-10H2,1-2H3. The summed E-state index contributed by atoms with van der Waals surface area (Å²) in [5.74, 6) is 2.85. The molecule has 1 aliphatic carbocycles. The molecule has 2 atom stereocenters. The Morgan fingerprint density at radius 2 is 1.65 bits per heavy atom. The van der Waals surface area contributed by atoms with Crippen molar-refractivity contribution in [3.8, 4) is 17.2 Å². The quantitative estimate of drug-likeness (QED) is 0.918. The Morgan fingerprint density at radius 1 is 1.10 bits per heavy atom. The average Bonchev–Trinajstić information content (AvgIpc) is 3.01. The Morgan fingerprint density at radius 3 is 2.15 bits per heavy atom. The summed E-state index contributed by atoms with van der Waals surface area (Å²) in [6, 6.07) is 3.82. The van der Waals surface area contributed by atoms with Gasteiger partial charge in [0.25, 0.3) is 0 Å². The van der Waals surface area contributed by atoms with Crippen LogP contribution in [0.4, 0.5) is 0 Å². The number of fused-ring (bicyclic) bond motifs is 1. The Labute approximate surface area is 120 Å². The lowest BCUT2D eigenvalue weighted by atomic mass is 10.0. The zero-order valence-corrected chi connectivity index (χ0v) is 12.3. The third kappa shape index (κ3) is 2.44. The Kier molecular flexibility index (Phi) is 3.74. The molecule has 4 nitrogen and oxygen atoms in total. The van der Waals surface area contributed by atoms with Gasteiger partial charge in [-0.15, -0.1) is 0 Å². The number of methoxy groups -OCH3 is 2. The van der Waals surface area contributed by atoms with E-state index in [0.717, 1.165) is 23.9 Å². The van der Waals surface area contributed by atoms with Crippen LogP contribution in [-0.2, 0) is 6.54 Å². The molecule has 1 aromatic rings. The smallest absolute Gasteiger partial charge is 0.200 e. The highest BCUT2D eigenvalue weighted by Gasteiger charge is 2.35. The van der Waals surface area contributed by atoms with Crippen LogP contribution in [0.1, 0.15) is 24.8 Å². The second-order valence-electron chi connectivity index (χ2n) is 5.99. The predicted octanol–water partition coefficient (Wildman–Crippen LogP) is 2.64. The van der Waals surface area contributed by atoms with Crippen molar-refractivity contribution in [1.82, 2.24) is 4.90 Å². The van der Waals surface area contributed by atoms with E-state index in [1.54, 1.807) is 14.2 Å². The van der Waals surface area contributed by atoms with Gasteiger partial charge in [-0.25, -0.2) is 0 Å². The summed E-state index contributed by atoms with van der Waals surface area (Å²) in [5, 5.41) is 9.94. The average molecular weight is 277 g/mol. The van der Waals surface area contributed by atoms with Crippen LogP contribution < -0.4 is 9.47 Å². The minimum atomic E-state index is 0.0806. The van der Waals surface area contributed by atoms with Crippen LogP contribution in [0.15, 0.2) is 12.1 Å². The van der Waals surface area contributed by atoms with Crippen LogP contribution in [0.3, 0.4) is 0 Å².